The van der Waals surface area contributed by atoms with Crippen LogP contribution in [-0.4, -0.2) is 56.4 Å². The highest BCUT2D eigenvalue weighted by molar-refractivity contribution is 6.33. The minimum Gasteiger partial charge on any atom is -0.308 e. The summed E-state index contributed by atoms with van der Waals surface area (Å²) >= 11 is 6.00. The summed E-state index contributed by atoms with van der Waals surface area (Å²) in [4.78, 5) is 16.3. The Bertz CT molecular complexity index is 393. The van der Waals surface area contributed by atoms with Crippen molar-refractivity contribution in [3.8, 4) is 0 Å². The van der Waals surface area contributed by atoms with Crippen LogP contribution in [0.2, 0.25) is 5.02 Å². The van der Waals surface area contributed by atoms with Gasteiger partial charge in [-0.25, -0.2) is 0 Å². The van der Waals surface area contributed by atoms with Crippen molar-refractivity contribution in [3.63, 3.8) is 0 Å². The predicted octanol–water partition coefficient (Wildman–Crippen LogP) is 2.41. The molecule has 18 heavy (non-hydrogen) atoms. The maximum absolute atomic E-state index is 12.0. The van der Waals surface area contributed by atoms with Crippen molar-refractivity contribution in [1.29, 1.82) is 0 Å². The summed E-state index contributed by atoms with van der Waals surface area (Å²) in [6.07, 6.45) is 0.508. The first kappa shape index (κ1) is 15.2. The Morgan fingerprint density at radius 2 is 1.78 bits per heavy atom. The SMILES string of the molecule is CN(C)CCN(C)CCC(=O)c1ccccc1Cl. The molecule has 3 nitrogen and oxygen atoms in total. The van der Waals surface area contributed by atoms with Gasteiger partial charge in [-0.1, -0.05) is 23.7 Å². The predicted molar refractivity (Wildman–Crippen MR) is 76.5 cm³/mol. The first-order valence-corrected chi connectivity index (χ1v) is 6.49. The van der Waals surface area contributed by atoms with E-state index in [-0.39, 0.29) is 5.78 Å². The molecule has 0 aliphatic heterocycles. The number of halogens is 1. The highest BCUT2D eigenvalue weighted by Gasteiger charge is 2.10. The van der Waals surface area contributed by atoms with Gasteiger partial charge in [-0.05, 0) is 33.3 Å². The van der Waals surface area contributed by atoms with Gasteiger partial charge < -0.3 is 9.80 Å². The second kappa shape index (κ2) is 7.52. The van der Waals surface area contributed by atoms with E-state index in [1.807, 2.05) is 33.3 Å². The number of carbonyl (C=O) groups is 1. The third kappa shape index (κ3) is 5.17. The van der Waals surface area contributed by atoms with Crippen molar-refractivity contribution in [1.82, 2.24) is 9.80 Å². The van der Waals surface area contributed by atoms with Gasteiger partial charge in [-0.15, -0.1) is 0 Å². The Balaban J connectivity index is 2.40. The van der Waals surface area contributed by atoms with Gasteiger partial charge in [0.15, 0.2) is 5.78 Å². The number of hydrogen-bond acceptors (Lipinski definition) is 3. The van der Waals surface area contributed by atoms with Crippen LogP contribution in [0.3, 0.4) is 0 Å². The van der Waals surface area contributed by atoms with Crippen LogP contribution in [0.1, 0.15) is 16.8 Å². The van der Waals surface area contributed by atoms with Gasteiger partial charge in [0.05, 0.1) is 5.02 Å². The van der Waals surface area contributed by atoms with Crippen LogP contribution < -0.4 is 0 Å². The van der Waals surface area contributed by atoms with Crippen molar-refractivity contribution in [2.24, 2.45) is 0 Å². The van der Waals surface area contributed by atoms with Crippen LogP contribution in [0, 0.1) is 0 Å². The smallest absolute Gasteiger partial charge is 0.165 e. The summed E-state index contributed by atoms with van der Waals surface area (Å²) < 4.78 is 0. The van der Waals surface area contributed by atoms with Gasteiger partial charge in [0.25, 0.3) is 0 Å². The molecule has 0 fully saturated rings. The van der Waals surface area contributed by atoms with Crippen LogP contribution in [0.5, 0.6) is 0 Å². The minimum atomic E-state index is 0.109. The molecule has 0 aliphatic carbocycles. The second-order valence-electron chi connectivity index (χ2n) is 4.76. The van der Waals surface area contributed by atoms with E-state index < -0.39 is 0 Å². The van der Waals surface area contributed by atoms with Crippen molar-refractivity contribution >= 4 is 17.4 Å². The Morgan fingerprint density at radius 3 is 2.39 bits per heavy atom. The van der Waals surface area contributed by atoms with Crippen LogP contribution in [0.15, 0.2) is 24.3 Å². The zero-order valence-corrected chi connectivity index (χ0v) is 12.1. The van der Waals surface area contributed by atoms with Crippen molar-refractivity contribution in [2.45, 2.75) is 6.42 Å². The average Bonchev–Trinajstić information content (AvgIpc) is 2.34. The number of carbonyl (C=O) groups excluding carboxylic acids is 1. The largest absolute Gasteiger partial charge is 0.308 e. The van der Waals surface area contributed by atoms with Crippen molar-refractivity contribution in [2.75, 3.05) is 40.8 Å². The average molecular weight is 269 g/mol. The number of benzene rings is 1. The van der Waals surface area contributed by atoms with Gasteiger partial charge in [0.2, 0.25) is 0 Å². The lowest BCUT2D eigenvalue weighted by molar-refractivity contribution is 0.0968. The molecule has 1 rings (SSSR count). The fraction of sp³-hybridized carbons (Fsp3) is 0.500. The molecule has 100 valence electrons. The number of nitrogens with zero attached hydrogens (tertiary/aromatic N) is 2. The molecule has 0 saturated carbocycles. The van der Waals surface area contributed by atoms with E-state index in [2.05, 4.69) is 9.80 Å². The molecule has 0 spiro atoms. The molecular formula is C14H21ClN2O. The van der Waals surface area contributed by atoms with Gasteiger partial charge in [0, 0.05) is 31.6 Å². The number of ketones is 1. The molecule has 0 radical (unpaired) electrons. The molecule has 1 aromatic carbocycles. The molecule has 0 amide bonds. The Labute approximate surface area is 114 Å². The summed E-state index contributed by atoms with van der Waals surface area (Å²) in [5, 5.41) is 0.540. The standard InChI is InChI=1S/C14H21ClN2O/c1-16(2)10-11-17(3)9-8-14(18)12-6-4-5-7-13(12)15/h4-7H,8-11H2,1-3H3. The molecular weight excluding hydrogens is 248 g/mol. The maximum atomic E-state index is 12.0. The molecule has 0 unspecified atom stereocenters. The number of rotatable bonds is 7. The zero-order chi connectivity index (χ0) is 13.5. The van der Waals surface area contributed by atoms with Crippen molar-refractivity contribution in [3.05, 3.63) is 34.9 Å². The first-order chi connectivity index (χ1) is 8.50. The molecule has 0 atom stereocenters. The molecule has 0 N–H and O–H groups in total. The van der Waals surface area contributed by atoms with Gasteiger partial charge in [0.1, 0.15) is 0 Å². The van der Waals surface area contributed by atoms with Gasteiger partial charge in [-0.2, -0.15) is 0 Å². The lowest BCUT2D eigenvalue weighted by Gasteiger charge is -2.18. The second-order valence-corrected chi connectivity index (χ2v) is 5.17. The topological polar surface area (TPSA) is 23.6 Å². The summed E-state index contributed by atoms with van der Waals surface area (Å²) in [5.41, 5.74) is 0.625. The van der Waals surface area contributed by atoms with Gasteiger partial charge in [-0.3, -0.25) is 4.79 Å². The quantitative estimate of drug-likeness (QED) is 0.710. The molecule has 0 aromatic heterocycles. The summed E-state index contributed by atoms with van der Waals surface area (Å²) in [6.45, 7) is 2.72. The monoisotopic (exact) mass is 268 g/mol. The molecule has 4 heteroatoms. The normalized spacial score (nSPS) is 11.2. The number of hydrogen-bond donors (Lipinski definition) is 0. The third-order valence-corrected chi connectivity index (χ3v) is 3.15. The Kier molecular flexibility index (Phi) is 6.33. The first-order valence-electron chi connectivity index (χ1n) is 6.11. The molecule has 0 aliphatic rings. The van der Waals surface area contributed by atoms with Gasteiger partial charge >= 0.3 is 0 Å². The molecule has 0 bridgehead atoms. The maximum Gasteiger partial charge on any atom is 0.165 e. The van der Waals surface area contributed by atoms with Crippen LogP contribution in [-0.2, 0) is 0 Å². The summed E-state index contributed by atoms with van der Waals surface area (Å²) in [5.74, 6) is 0.109. The highest BCUT2D eigenvalue weighted by Crippen LogP contribution is 2.16. The van der Waals surface area contributed by atoms with Crippen LogP contribution in [0.25, 0.3) is 0 Å². The number of Topliss-reactive ketones (excluding diaryl/α,β-unsaturated/α-hetero) is 1. The van der Waals surface area contributed by atoms with E-state index in [1.54, 1.807) is 12.1 Å². The van der Waals surface area contributed by atoms with Crippen LogP contribution in [0.4, 0.5) is 0 Å². The lowest BCUT2D eigenvalue weighted by Crippen LogP contribution is -2.30. The van der Waals surface area contributed by atoms with Crippen molar-refractivity contribution < 1.29 is 4.79 Å². The molecule has 1 aromatic rings. The number of likely N-dealkylation sites (N-methyl/N-ethyl adjacent to an activating group) is 2. The van der Waals surface area contributed by atoms with E-state index in [1.165, 1.54) is 0 Å². The lowest BCUT2D eigenvalue weighted by atomic mass is 10.1. The Hall–Kier alpha value is -0.900. The van der Waals surface area contributed by atoms with E-state index in [0.717, 1.165) is 19.6 Å². The van der Waals surface area contributed by atoms with E-state index in [4.69, 9.17) is 11.6 Å². The summed E-state index contributed by atoms with van der Waals surface area (Å²) in [6, 6.07) is 7.21. The molecule has 0 heterocycles. The van der Waals surface area contributed by atoms with E-state index >= 15 is 0 Å². The molecule has 0 saturated heterocycles. The highest BCUT2D eigenvalue weighted by atomic mass is 35.5. The van der Waals surface area contributed by atoms with E-state index in [9.17, 15) is 4.79 Å². The zero-order valence-electron chi connectivity index (χ0n) is 11.3. The van der Waals surface area contributed by atoms with Crippen LogP contribution >= 0.6 is 11.6 Å². The fourth-order valence-corrected chi connectivity index (χ4v) is 1.84. The van der Waals surface area contributed by atoms with E-state index in [0.29, 0.717) is 17.0 Å². The Morgan fingerprint density at radius 1 is 1.11 bits per heavy atom. The fourth-order valence-electron chi connectivity index (χ4n) is 1.60. The summed E-state index contributed by atoms with van der Waals surface area (Å²) in [7, 11) is 6.12. The minimum absolute atomic E-state index is 0.109. The third-order valence-electron chi connectivity index (χ3n) is 2.82.